The highest BCUT2D eigenvalue weighted by atomic mass is 32.1. The van der Waals surface area contributed by atoms with Gasteiger partial charge in [0.2, 0.25) is 5.91 Å². The van der Waals surface area contributed by atoms with Crippen molar-refractivity contribution in [3.8, 4) is 10.6 Å². The van der Waals surface area contributed by atoms with E-state index < -0.39 is 0 Å². The maximum Gasteiger partial charge on any atom is 0.266 e. The first-order valence-corrected chi connectivity index (χ1v) is 9.48. The van der Waals surface area contributed by atoms with Gasteiger partial charge in [0.15, 0.2) is 0 Å². The summed E-state index contributed by atoms with van der Waals surface area (Å²) < 4.78 is 14.2. The first-order valence-electron chi connectivity index (χ1n) is 8.66. The summed E-state index contributed by atoms with van der Waals surface area (Å²) in [6.45, 7) is 4.33. The number of aryl methyl sites for hydroxylation is 2. The van der Waals surface area contributed by atoms with E-state index in [-0.39, 0.29) is 30.4 Å². The van der Waals surface area contributed by atoms with Crippen molar-refractivity contribution in [2.24, 2.45) is 0 Å². The van der Waals surface area contributed by atoms with Gasteiger partial charge in [-0.1, -0.05) is 12.1 Å². The molecule has 0 saturated heterocycles. The molecule has 0 bridgehead atoms. The Morgan fingerprint density at radius 1 is 1.21 bits per heavy atom. The maximum atomic E-state index is 12.9. The Morgan fingerprint density at radius 3 is 2.64 bits per heavy atom. The summed E-state index contributed by atoms with van der Waals surface area (Å²) in [7, 11) is 0. The molecule has 0 unspecified atom stereocenters. The second-order valence-corrected chi connectivity index (χ2v) is 7.31. The smallest absolute Gasteiger partial charge is 0.266 e. The normalized spacial score (nSPS) is 11.1. The molecule has 1 amide bonds. The zero-order valence-electron chi connectivity index (χ0n) is 15.5. The highest BCUT2D eigenvalue weighted by Crippen LogP contribution is 2.27. The van der Waals surface area contributed by atoms with E-state index in [1.807, 2.05) is 13.8 Å². The van der Waals surface area contributed by atoms with Crippen LogP contribution in [0.3, 0.4) is 0 Å². The van der Waals surface area contributed by atoms with Gasteiger partial charge in [-0.25, -0.2) is 14.1 Å². The lowest BCUT2D eigenvalue weighted by Crippen LogP contribution is -2.31. The van der Waals surface area contributed by atoms with Crippen LogP contribution >= 0.6 is 11.3 Å². The number of nitrogens with zero attached hydrogens (tertiary/aromatic N) is 3. The zero-order valence-corrected chi connectivity index (χ0v) is 16.3. The monoisotopic (exact) mass is 398 g/mol. The molecule has 0 saturated carbocycles. The number of hydrogen-bond acceptors (Lipinski definition) is 5. The van der Waals surface area contributed by atoms with Gasteiger partial charge in [-0.3, -0.25) is 9.59 Å². The molecule has 3 rings (SSSR count). The van der Waals surface area contributed by atoms with E-state index in [1.54, 1.807) is 24.3 Å². The molecule has 2 aromatic heterocycles. The molecular weight excluding hydrogens is 379 g/mol. The number of carbonyl (C=O) groups excluding carboxylic acids is 1. The van der Waals surface area contributed by atoms with Gasteiger partial charge in [0.25, 0.3) is 5.56 Å². The van der Waals surface area contributed by atoms with Crippen LogP contribution in [0.25, 0.3) is 16.6 Å². The molecule has 1 N–H and O–H groups in total. The van der Waals surface area contributed by atoms with E-state index in [1.165, 1.54) is 40.3 Å². The van der Waals surface area contributed by atoms with Crippen LogP contribution in [-0.2, 0) is 11.3 Å². The number of amides is 1. The maximum absolute atomic E-state index is 12.9. The van der Waals surface area contributed by atoms with Gasteiger partial charge in [0.05, 0.1) is 22.1 Å². The SMILES string of the molecule is Cc1nc(C)c(-c2ccc(=O)n(CCNC(=O)C=Cc3ccc(F)cc3)n2)s1. The fourth-order valence-electron chi connectivity index (χ4n) is 2.59. The third-order valence-corrected chi connectivity index (χ3v) is 5.02. The minimum atomic E-state index is -0.328. The van der Waals surface area contributed by atoms with E-state index in [4.69, 9.17) is 0 Å². The lowest BCUT2D eigenvalue weighted by molar-refractivity contribution is -0.116. The van der Waals surface area contributed by atoms with Crippen LogP contribution in [0.4, 0.5) is 4.39 Å². The third kappa shape index (κ3) is 4.98. The zero-order chi connectivity index (χ0) is 20.1. The Labute approximate surface area is 165 Å². The predicted octanol–water partition coefficient (Wildman–Crippen LogP) is 2.95. The van der Waals surface area contributed by atoms with Crippen LogP contribution in [0.1, 0.15) is 16.3 Å². The van der Waals surface area contributed by atoms with Crippen LogP contribution in [0.5, 0.6) is 0 Å². The highest BCUT2D eigenvalue weighted by Gasteiger charge is 2.10. The number of thiazole rings is 1. The van der Waals surface area contributed by atoms with Crippen molar-refractivity contribution >= 4 is 23.3 Å². The lowest BCUT2D eigenvalue weighted by Gasteiger charge is -2.07. The van der Waals surface area contributed by atoms with Gasteiger partial charge in [-0.05, 0) is 43.7 Å². The predicted molar refractivity (Wildman–Crippen MR) is 108 cm³/mol. The van der Waals surface area contributed by atoms with Crippen molar-refractivity contribution < 1.29 is 9.18 Å². The Balaban J connectivity index is 1.60. The summed E-state index contributed by atoms with van der Waals surface area (Å²) in [5, 5.41) is 8.03. The molecule has 0 spiro atoms. The van der Waals surface area contributed by atoms with Crippen molar-refractivity contribution in [1.82, 2.24) is 20.1 Å². The Bertz CT molecular complexity index is 1070. The van der Waals surface area contributed by atoms with Gasteiger partial charge >= 0.3 is 0 Å². The first kappa shape index (κ1) is 19.6. The molecule has 0 radical (unpaired) electrons. The lowest BCUT2D eigenvalue weighted by atomic mass is 10.2. The molecule has 0 aliphatic rings. The fraction of sp³-hybridized carbons (Fsp3) is 0.200. The molecular formula is C20H19FN4O2S. The molecule has 8 heteroatoms. The molecule has 6 nitrogen and oxygen atoms in total. The van der Waals surface area contributed by atoms with Gasteiger partial charge in [0, 0.05) is 18.7 Å². The van der Waals surface area contributed by atoms with Crippen molar-refractivity contribution in [1.29, 1.82) is 0 Å². The van der Waals surface area contributed by atoms with Crippen molar-refractivity contribution in [2.75, 3.05) is 6.54 Å². The van der Waals surface area contributed by atoms with E-state index in [0.29, 0.717) is 5.69 Å². The van der Waals surface area contributed by atoms with Gasteiger partial charge in [-0.2, -0.15) is 5.10 Å². The van der Waals surface area contributed by atoms with Crippen LogP contribution in [0, 0.1) is 19.7 Å². The summed E-state index contributed by atoms with van der Waals surface area (Å²) in [4.78, 5) is 29.3. The Hall–Kier alpha value is -3.13. The summed E-state index contributed by atoms with van der Waals surface area (Å²) in [5.74, 6) is -0.632. The average molecular weight is 398 g/mol. The van der Waals surface area contributed by atoms with Crippen molar-refractivity contribution in [3.63, 3.8) is 0 Å². The molecule has 0 aliphatic heterocycles. The number of aromatic nitrogens is 3. The molecule has 0 atom stereocenters. The molecule has 2 heterocycles. The van der Waals surface area contributed by atoms with Gasteiger partial charge in [0.1, 0.15) is 11.5 Å². The molecule has 144 valence electrons. The van der Waals surface area contributed by atoms with Crippen LogP contribution in [0.2, 0.25) is 0 Å². The van der Waals surface area contributed by atoms with E-state index >= 15 is 0 Å². The molecule has 1 aromatic carbocycles. The summed E-state index contributed by atoms with van der Waals surface area (Å²) in [6, 6.07) is 8.97. The van der Waals surface area contributed by atoms with Crippen LogP contribution in [0.15, 0.2) is 47.3 Å². The number of rotatable bonds is 6. The molecule has 0 aliphatic carbocycles. The van der Waals surface area contributed by atoms with Gasteiger partial charge in [-0.15, -0.1) is 11.3 Å². The highest BCUT2D eigenvalue weighted by molar-refractivity contribution is 7.15. The third-order valence-electron chi connectivity index (χ3n) is 3.92. The van der Waals surface area contributed by atoms with Crippen molar-refractivity contribution in [2.45, 2.75) is 20.4 Å². The largest absolute Gasteiger partial charge is 0.351 e. The van der Waals surface area contributed by atoms with Crippen LogP contribution < -0.4 is 10.9 Å². The quantitative estimate of drug-likeness (QED) is 0.648. The number of nitrogens with one attached hydrogen (secondary N) is 1. The average Bonchev–Trinajstić information content (AvgIpc) is 3.01. The summed E-state index contributed by atoms with van der Waals surface area (Å²) >= 11 is 1.52. The van der Waals surface area contributed by atoms with Crippen molar-refractivity contribution in [3.05, 3.63) is 74.9 Å². The standard InChI is InChI=1S/C20H19FN4O2S/c1-13-20(28-14(2)23-13)17-8-10-19(27)25(24-17)12-11-22-18(26)9-5-15-3-6-16(21)7-4-15/h3-10H,11-12H2,1-2H3,(H,22,26). The van der Waals surface area contributed by atoms with E-state index in [2.05, 4.69) is 15.4 Å². The second kappa shape index (κ2) is 8.71. The summed E-state index contributed by atoms with van der Waals surface area (Å²) in [6.07, 6.45) is 2.96. The minimum absolute atomic E-state index is 0.237. The minimum Gasteiger partial charge on any atom is -0.351 e. The number of carbonyl (C=O) groups is 1. The van der Waals surface area contributed by atoms with E-state index in [0.717, 1.165) is 21.1 Å². The fourth-order valence-corrected chi connectivity index (χ4v) is 3.47. The van der Waals surface area contributed by atoms with Crippen LogP contribution in [-0.4, -0.2) is 27.2 Å². The molecule has 3 aromatic rings. The van der Waals surface area contributed by atoms with Gasteiger partial charge < -0.3 is 5.32 Å². The topological polar surface area (TPSA) is 76.9 Å². The van der Waals surface area contributed by atoms with E-state index in [9.17, 15) is 14.0 Å². The number of benzene rings is 1. The first-order chi connectivity index (χ1) is 13.4. The number of halogens is 1. The number of hydrogen-bond donors (Lipinski definition) is 1. The summed E-state index contributed by atoms with van der Waals surface area (Å²) in [5.41, 5.74) is 2.04. The Kier molecular flexibility index (Phi) is 6.10. The Morgan fingerprint density at radius 2 is 1.96 bits per heavy atom. The molecule has 0 fully saturated rings. The second-order valence-electron chi connectivity index (χ2n) is 6.10. The molecule has 28 heavy (non-hydrogen) atoms.